The zero-order valence-corrected chi connectivity index (χ0v) is 16.9. The van der Waals surface area contributed by atoms with Crippen molar-refractivity contribution >= 4 is 11.6 Å². The first kappa shape index (κ1) is 20.7. The van der Waals surface area contributed by atoms with Gasteiger partial charge in [-0.15, -0.1) is 0 Å². The van der Waals surface area contributed by atoms with E-state index in [1.807, 2.05) is 6.07 Å². The van der Waals surface area contributed by atoms with Crippen molar-refractivity contribution in [3.63, 3.8) is 0 Å². The van der Waals surface area contributed by atoms with E-state index in [-0.39, 0.29) is 23.1 Å². The Morgan fingerprint density at radius 1 is 1.06 bits per heavy atom. The third kappa shape index (κ3) is 4.77. The first-order valence-electron chi connectivity index (χ1n) is 10.1. The van der Waals surface area contributed by atoms with Gasteiger partial charge in [0, 0.05) is 56.6 Å². The molecule has 0 spiro atoms. The minimum atomic E-state index is -0.469. The molecule has 160 valence electrons. The smallest absolute Gasteiger partial charge is 0.274 e. The van der Waals surface area contributed by atoms with E-state index in [4.69, 9.17) is 0 Å². The molecule has 0 saturated carbocycles. The molecule has 1 aliphatic rings. The lowest BCUT2D eigenvalue weighted by Gasteiger charge is -2.21. The van der Waals surface area contributed by atoms with Crippen LogP contribution in [0.15, 0.2) is 60.8 Å². The van der Waals surface area contributed by atoms with Gasteiger partial charge in [0.1, 0.15) is 5.82 Å². The molecule has 1 aromatic heterocycles. The van der Waals surface area contributed by atoms with Crippen LogP contribution < -0.4 is 0 Å². The fourth-order valence-corrected chi connectivity index (χ4v) is 3.69. The van der Waals surface area contributed by atoms with E-state index < -0.39 is 4.92 Å². The van der Waals surface area contributed by atoms with Gasteiger partial charge in [0.25, 0.3) is 11.6 Å². The van der Waals surface area contributed by atoms with Crippen molar-refractivity contribution in [1.29, 1.82) is 0 Å². The summed E-state index contributed by atoms with van der Waals surface area (Å²) in [5.74, 6) is -0.400. The molecular weight excluding hydrogens is 401 g/mol. The van der Waals surface area contributed by atoms with E-state index >= 15 is 0 Å². The van der Waals surface area contributed by atoms with E-state index in [2.05, 4.69) is 10.00 Å². The standard InChI is InChI=1S/C22H22FN5O3/c23-20-8-2-1-5-17(20)16-25-10-4-11-26(14-13-25)22(29)21-9-12-27(24-21)18-6-3-7-19(15-18)28(30)31/h1-3,5-9,12,15H,4,10-11,13-14,16H2. The average molecular weight is 423 g/mol. The number of hydrogen-bond donors (Lipinski definition) is 0. The van der Waals surface area contributed by atoms with Crippen LogP contribution in [-0.4, -0.2) is 56.6 Å². The van der Waals surface area contributed by atoms with Crippen LogP contribution >= 0.6 is 0 Å². The first-order valence-corrected chi connectivity index (χ1v) is 10.1. The largest absolute Gasteiger partial charge is 0.336 e. The maximum atomic E-state index is 13.9. The van der Waals surface area contributed by atoms with Crippen LogP contribution in [0.2, 0.25) is 0 Å². The molecule has 0 aliphatic carbocycles. The number of nitro groups is 1. The van der Waals surface area contributed by atoms with E-state index in [9.17, 15) is 19.3 Å². The minimum Gasteiger partial charge on any atom is -0.336 e. The van der Waals surface area contributed by atoms with Crippen molar-refractivity contribution in [3.05, 3.63) is 88.0 Å². The van der Waals surface area contributed by atoms with Crippen molar-refractivity contribution < 1.29 is 14.1 Å². The van der Waals surface area contributed by atoms with E-state index in [0.717, 1.165) is 13.0 Å². The number of rotatable bonds is 5. The van der Waals surface area contributed by atoms with Gasteiger partial charge < -0.3 is 4.90 Å². The Bertz CT molecular complexity index is 1100. The maximum absolute atomic E-state index is 13.9. The summed E-state index contributed by atoms with van der Waals surface area (Å²) in [5.41, 5.74) is 1.41. The van der Waals surface area contributed by atoms with Crippen molar-refractivity contribution in [3.8, 4) is 5.69 Å². The van der Waals surface area contributed by atoms with Gasteiger partial charge in [0.05, 0.1) is 10.6 Å². The number of carbonyl (C=O) groups excluding carboxylic acids is 1. The number of aromatic nitrogens is 2. The van der Waals surface area contributed by atoms with Crippen LogP contribution in [-0.2, 0) is 6.54 Å². The SMILES string of the molecule is O=C(c1ccn(-c2cccc([N+](=O)[O-])c2)n1)N1CCCN(Cc2ccccc2F)CC1. The molecular formula is C22H22FN5O3. The summed E-state index contributed by atoms with van der Waals surface area (Å²) in [4.78, 5) is 27.4. The number of amides is 1. The highest BCUT2D eigenvalue weighted by molar-refractivity contribution is 5.92. The molecule has 0 atom stereocenters. The Hall–Kier alpha value is -3.59. The fraction of sp³-hybridized carbons (Fsp3) is 0.273. The molecule has 0 radical (unpaired) electrons. The van der Waals surface area contributed by atoms with Crippen molar-refractivity contribution in [2.24, 2.45) is 0 Å². The summed E-state index contributed by atoms with van der Waals surface area (Å²) in [6.45, 7) is 3.05. The first-order chi connectivity index (χ1) is 15.0. The van der Waals surface area contributed by atoms with Gasteiger partial charge >= 0.3 is 0 Å². The van der Waals surface area contributed by atoms with Gasteiger partial charge in [-0.1, -0.05) is 24.3 Å². The van der Waals surface area contributed by atoms with Crippen molar-refractivity contribution in [1.82, 2.24) is 19.6 Å². The molecule has 0 N–H and O–H groups in total. The Balaban J connectivity index is 1.42. The zero-order valence-electron chi connectivity index (χ0n) is 16.9. The number of nitrogens with zero attached hydrogens (tertiary/aromatic N) is 5. The molecule has 0 unspecified atom stereocenters. The van der Waals surface area contributed by atoms with Gasteiger partial charge in [0.15, 0.2) is 5.69 Å². The van der Waals surface area contributed by atoms with Crippen LogP contribution in [0, 0.1) is 15.9 Å². The normalized spacial score (nSPS) is 14.9. The third-order valence-corrected chi connectivity index (χ3v) is 5.34. The number of carbonyl (C=O) groups is 1. The number of benzene rings is 2. The molecule has 2 heterocycles. The monoisotopic (exact) mass is 423 g/mol. The van der Waals surface area contributed by atoms with Crippen LogP contribution in [0.4, 0.5) is 10.1 Å². The molecule has 1 aliphatic heterocycles. The molecule has 1 saturated heterocycles. The lowest BCUT2D eigenvalue weighted by molar-refractivity contribution is -0.384. The van der Waals surface area contributed by atoms with Crippen LogP contribution in [0.25, 0.3) is 5.69 Å². The van der Waals surface area contributed by atoms with Gasteiger partial charge in [-0.05, 0) is 24.6 Å². The molecule has 4 rings (SSSR count). The molecule has 1 amide bonds. The van der Waals surface area contributed by atoms with E-state index in [1.165, 1.54) is 22.9 Å². The average Bonchev–Trinajstić information content (AvgIpc) is 3.16. The summed E-state index contributed by atoms with van der Waals surface area (Å²) in [5, 5.41) is 15.3. The molecule has 31 heavy (non-hydrogen) atoms. The van der Waals surface area contributed by atoms with Crippen LogP contribution in [0.5, 0.6) is 0 Å². The lowest BCUT2D eigenvalue weighted by Crippen LogP contribution is -2.35. The second-order valence-electron chi connectivity index (χ2n) is 7.44. The predicted octanol–water partition coefficient (Wildman–Crippen LogP) is 3.27. The molecule has 8 nitrogen and oxygen atoms in total. The van der Waals surface area contributed by atoms with E-state index in [1.54, 1.807) is 41.4 Å². The number of hydrogen-bond acceptors (Lipinski definition) is 5. The number of nitro benzene ring substituents is 1. The van der Waals surface area contributed by atoms with Gasteiger partial charge in [0.2, 0.25) is 0 Å². The second-order valence-corrected chi connectivity index (χ2v) is 7.44. The maximum Gasteiger partial charge on any atom is 0.274 e. The molecule has 2 aromatic carbocycles. The van der Waals surface area contributed by atoms with Crippen molar-refractivity contribution in [2.45, 2.75) is 13.0 Å². The quantitative estimate of drug-likeness (QED) is 0.465. The van der Waals surface area contributed by atoms with Crippen LogP contribution in [0.3, 0.4) is 0 Å². The topological polar surface area (TPSA) is 84.5 Å². The van der Waals surface area contributed by atoms with Gasteiger partial charge in [-0.3, -0.25) is 19.8 Å². The summed E-state index contributed by atoms with van der Waals surface area (Å²) in [6, 6.07) is 14.4. The highest BCUT2D eigenvalue weighted by Gasteiger charge is 2.23. The Morgan fingerprint density at radius 3 is 2.71 bits per heavy atom. The number of non-ortho nitro benzene ring substituents is 1. The predicted molar refractivity (Wildman–Crippen MR) is 112 cm³/mol. The summed E-state index contributed by atoms with van der Waals surface area (Å²) in [6.07, 6.45) is 2.40. The Kier molecular flexibility index (Phi) is 6.03. The highest BCUT2D eigenvalue weighted by Crippen LogP contribution is 2.17. The molecule has 3 aromatic rings. The summed E-state index contributed by atoms with van der Waals surface area (Å²) < 4.78 is 15.4. The highest BCUT2D eigenvalue weighted by atomic mass is 19.1. The Labute approximate surface area is 178 Å². The van der Waals surface area contributed by atoms with E-state index in [0.29, 0.717) is 37.4 Å². The Morgan fingerprint density at radius 2 is 1.90 bits per heavy atom. The molecule has 1 fully saturated rings. The second kappa shape index (κ2) is 9.05. The summed E-state index contributed by atoms with van der Waals surface area (Å²) >= 11 is 0. The minimum absolute atomic E-state index is 0.0386. The van der Waals surface area contributed by atoms with Gasteiger partial charge in [-0.2, -0.15) is 5.10 Å². The third-order valence-electron chi connectivity index (χ3n) is 5.34. The summed E-state index contributed by atoms with van der Waals surface area (Å²) in [7, 11) is 0. The lowest BCUT2D eigenvalue weighted by atomic mass is 10.2. The van der Waals surface area contributed by atoms with Crippen molar-refractivity contribution in [2.75, 3.05) is 26.2 Å². The van der Waals surface area contributed by atoms with Gasteiger partial charge in [-0.25, -0.2) is 9.07 Å². The number of halogens is 1. The zero-order chi connectivity index (χ0) is 21.8. The molecule has 9 heteroatoms. The molecule has 0 bridgehead atoms. The van der Waals surface area contributed by atoms with Crippen LogP contribution in [0.1, 0.15) is 22.5 Å². The fourth-order valence-electron chi connectivity index (χ4n) is 3.69.